The Morgan fingerprint density at radius 3 is 2.56 bits per heavy atom. The summed E-state index contributed by atoms with van der Waals surface area (Å²) in [4.78, 5) is 7.39. The van der Waals surface area contributed by atoms with Crippen molar-refractivity contribution in [2.75, 3.05) is 6.54 Å². The average Bonchev–Trinajstić information content (AvgIpc) is 2.85. The van der Waals surface area contributed by atoms with Crippen LogP contribution in [0.4, 0.5) is 0 Å². The molecule has 1 atom stereocenters. The number of imidazole rings is 1. The van der Waals surface area contributed by atoms with Crippen LogP contribution in [-0.2, 0) is 6.42 Å². The highest BCUT2D eigenvalue weighted by molar-refractivity contribution is 5.29. The molecule has 0 saturated heterocycles. The molecule has 1 unspecified atom stereocenters. The number of hydrogen-bond acceptors (Lipinski definition) is 2. The zero-order valence-electron chi connectivity index (χ0n) is 9.48. The van der Waals surface area contributed by atoms with Crippen LogP contribution in [0.15, 0.2) is 36.7 Å². The second-order valence-electron chi connectivity index (χ2n) is 3.86. The molecule has 3 heteroatoms. The van der Waals surface area contributed by atoms with Crippen LogP contribution in [0.5, 0.6) is 0 Å². The number of nitrogens with two attached hydrogens (primary N) is 1. The third-order valence-electron chi connectivity index (χ3n) is 2.88. The maximum Gasteiger partial charge on any atom is 0.114 e. The Labute approximate surface area is 95.7 Å². The molecule has 0 fully saturated rings. The number of nitrogens with zero attached hydrogens (tertiary/aromatic N) is 1. The summed E-state index contributed by atoms with van der Waals surface area (Å²) in [5.74, 6) is 1.10. The molecule has 0 bridgehead atoms. The molecule has 0 aliphatic rings. The van der Waals surface area contributed by atoms with Crippen LogP contribution in [0.1, 0.15) is 29.8 Å². The van der Waals surface area contributed by atoms with Gasteiger partial charge in [-0.1, -0.05) is 31.2 Å². The number of H-pyrrole nitrogens is 1. The number of rotatable bonds is 4. The minimum absolute atomic E-state index is 0.168. The first-order valence-corrected chi connectivity index (χ1v) is 5.63. The van der Waals surface area contributed by atoms with E-state index in [-0.39, 0.29) is 5.92 Å². The number of nitrogens with one attached hydrogen (secondary N) is 1. The molecule has 84 valence electrons. The topological polar surface area (TPSA) is 54.7 Å². The third-order valence-corrected chi connectivity index (χ3v) is 2.88. The number of hydrogen-bond donors (Lipinski definition) is 2. The van der Waals surface area contributed by atoms with E-state index >= 15 is 0 Å². The van der Waals surface area contributed by atoms with Crippen LogP contribution in [0.3, 0.4) is 0 Å². The van der Waals surface area contributed by atoms with Crippen molar-refractivity contribution in [2.45, 2.75) is 19.3 Å². The van der Waals surface area contributed by atoms with Gasteiger partial charge in [0.1, 0.15) is 5.82 Å². The Hall–Kier alpha value is -1.61. The summed E-state index contributed by atoms with van der Waals surface area (Å²) in [7, 11) is 0. The van der Waals surface area contributed by atoms with Gasteiger partial charge in [0.05, 0.1) is 5.92 Å². The molecule has 0 aliphatic carbocycles. The Morgan fingerprint density at radius 1 is 1.31 bits per heavy atom. The van der Waals surface area contributed by atoms with Gasteiger partial charge in [0.2, 0.25) is 0 Å². The van der Waals surface area contributed by atoms with Crippen molar-refractivity contribution in [3.05, 3.63) is 53.6 Å². The quantitative estimate of drug-likeness (QED) is 0.820. The zero-order chi connectivity index (χ0) is 11.4. The number of benzene rings is 1. The first kappa shape index (κ1) is 10.9. The molecule has 2 rings (SSSR count). The molecule has 3 N–H and O–H groups in total. The van der Waals surface area contributed by atoms with Crippen molar-refractivity contribution in [1.29, 1.82) is 0 Å². The molecule has 0 radical (unpaired) electrons. The van der Waals surface area contributed by atoms with E-state index < -0.39 is 0 Å². The van der Waals surface area contributed by atoms with E-state index in [1.807, 2.05) is 6.20 Å². The van der Waals surface area contributed by atoms with Crippen LogP contribution in [0, 0.1) is 0 Å². The van der Waals surface area contributed by atoms with E-state index in [1.54, 1.807) is 6.20 Å². The summed E-state index contributed by atoms with van der Waals surface area (Å²) >= 11 is 0. The summed E-state index contributed by atoms with van der Waals surface area (Å²) in [6.45, 7) is 2.72. The number of aromatic amines is 1. The SMILES string of the molecule is CCc1ccc(C(CN)c2ncc[nH]2)cc1. The molecular weight excluding hydrogens is 198 g/mol. The molecule has 2 aromatic rings. The fourth-order valence-corrected chi connectivity index (χ4v) is 1.86. The van der Waals surface area contributed by atoms with Crippen molar-refractivity contribution >= 4 is 0 Å². The average molecular weight is 215 g/mol. The van der Waals surface area contributed by atoms with Gasteiger partial charge < -0.3 is 10.7 Å². The Morgan fingerprint density at radius 2 is 2.06 bits per heavy atom. The van der Waals surface area contributed by atoms with Crippen LogP contribution < -0.4 is 5.73 Å². The van der Waals surface area contributed by atoms with Crippen LogP contribution in [0.25, 0.3) is 0 Å². The maximum absolute atomic E-state index is 5.81. The predicted molar refractivity (Wildman–Crippen MR) is 65.3 cm³/mol. The predicted octanol–water partition coefficient (Wildman–Crippen LogP) is 2.06. The van der Waals surface area contributed by atoms with Gasteiger partial charge in [-0.2, -0.15) is 0 Å². The molecule has 3 nitrogen and oxygen atoms in total. The highest BCUT2D eigenvalue weighted by Gasteiger charge is 2.14. The Bertz CT molecular complexity index is 417. The van der Waals surface area contributed by atoms with Crippen molar-refractivity contribution in [2.24, 2.45) is 5.73 Å². The second kappa shape index (κ2) is 4.94. The van der Waals surface area contributed by atoms with Crippen molar-refractivity contribution in [1.82, 2.24) is 9.97 Å². The van der Waals surface area contributed by atoms with Crippen LogP contribution in [0.2, 0.25) is 0 Å². The summed E-state index contributed by atoms with van der Waals surface area (Å²) in [5.41, 5.74) is 8.37. The van der Waals surface area contributed by atoms with E-state index in [9.17, 15) is 0 Å². The summed E-state index contributed by atoms with van der Waals surface area (Å²) < 4.78 is 0. The largest absolute Gasteiger partial charge is 0.348 e. The third kappa shape index (κ3) is 2.14. The minimum atomic E-state index is 0.168. The number of aromatic nitrogens is 2. The smallest absolute Gasteiger partial charge is 0.114 e. The lowest BCUT2D eigenvalue weighted by molar-refractivity contribution is 0.764. The normalized spacial score (nSPS) is 12.6. The number of aryl methyl sites for hydroxylation is 1. The lowest BCUT2D eigenvalue weighted by Gasteiger charge is -2.12. The molecule has 0 amide bonds. The van der Waals surface area contributed by atoms with Crippen molar-refractivity contribution in [3.8, 4) is 0 Å². The van der Waals surface area contributed by atoms with Gasteiger partial charge in [0.25, 0.3) is 0 Å². The van der Waals surface area contributed by atoms with E-state index in [1.165, 1.54) is 11.1 Å². The molecule has 0 saturated carbocycles. The van der Waals surface area contributed by atoms with E-state index in [0.29, 0.717) is 6.54 Å². The standard InChI is InChI=1S/C13H17N3/c1-2-10-3-5-11(6-4-10)12(9-14)13-15-7-8-16-13/h3-8,12H,2,9,14H2,1H3,(H,15,16). The molecule has 1 aromatic heterocycles. The van der Waals surface area contributed by atoms with Gasteiger partial charge in [0.15, 0.2) is 0 Å². The first-order chi connectivity index (χ1) is 7.85. The van der Waals surface area contributed by atoms with Gasteiger partial charge in [0, 0.05) is 18.9 Å². The van der Waals surface area contributed by atoms with Crippen molar-refractivity contribution < 1.29 is 0 Å². The lowest BCUT2D eigenvalue weighted by Crippen LogP contribution is -2.15. The van der Waals surface area contributed by atoms with Crippen LogP contribution in [-0.4, -0.2) is 16.5 Å². The fourth-order valence-electron chi connectivity index (χ4n) is 1.86. The molecule has 1 aromatic carbocycles. The van der Waals surface area contributed by atoms with Gasteiger partial charge in [-0.05, 0) is 17.5 Å². The zero-order valence-corrected chi connectivity index (χ0v) is 9.48. The van der Waals surface area contributed by atoms with E-state index in [2.05, 4.69) is 41.2 Å². The summed E-state index contributed by atoms with van der Waals surface area (Å²) in [5, 5.41) is 0. The first-order valence-electron chi connectivity index (χ1n) is 5.63. The van der Waals surface area contributed by atoms with Gasteiger partial charge in [-0.15, -0.1) is 0 Å². The maximum atomic E-state index is 5.81. The van der Waals surface area contributed by atoms with E-state index in [4.69, 9.17) is 5.73 Å². The summed E-state index contributed by atoms with van der Waals surface area (Å²) in [6.07, 6.45) is 4.66. The molecule has 16 heavy (non-hydrogen) atoms. The molecule has 0 spiro atoms. The van der Waals surface area contributed by atoms with Gasteiger partial charge >= 0.3 is 0 Å². The molecule has 1 heterocycles. The monoisotopic (exact) mass is 215 g/mol. The van der Waals surface area contributed by atoms with Gasteiger partial charge in [-0.3, -0.25) is 0 Å². The van der Waals surface area contributed by atoms with Crippen molar-refractivity contribution in [3.63, 3.8) is 0 Å². The lowest BCUT2D eigenvalue weighted by atomic mass is 9.97. The second-order valence-corrected chi connectivity index (χ2v) is 3.86. The minimum Gasteiger partial charge on any atom is -0.348 e. The highest BCUT2D eigenvalue weighted by atomic mass is 14.9. The summed E-state index contributed by atoms with van der Waals surface area (Å²) in [6, 6.07) is 8.58. The Balaban J connectivity index is 2.27. The molecule has 0 aliphatic heterocycles. The van der Waals surface area contributed by atoms with E-state index in [0.717, 1.165) is 12.2 Å². The highest BCUT2D eigenvalue weighted by Crippen LogP contribution is 2.20. The Kier molecular flexibility index (Phi) is 3.37. The fraction of sp³-hybridized carbons (Fsp3) is 0.308. The molecular formula is C13H17N3. The van der Waals surface area contributed by atoms with Crippen LogP contribution >= 0.6 is 0 Å². The van der Waals surface area contributed by atoms with Gasteiger partial charge in [-0.25, -0.2) is 4.98 Å².